The second kappa shape index (κ2) is 6.19. The Morgan fingerprint density at radius 1 is 1.32 bits per heavy atom. The number of carbonyl (C=O) groups excluding carboxylic acids is 2. The van der Waals surface area contributed by atoms with Gasteiger partial charge >= 0.3 is 11.8 Å². The average Bonchev–Trinajstić information content (AvgIpc) is 3.29. The highest BCUT2D eigenvalue weighted by molar-refractivity contribution is 5.97. The molecule has 0 spiro atoms. The number of nitrogens with one attached hydrogen (secondary N) is 1. The fraction of sp³-hybridized carbons (Fsp3) is 0.412. The molecule has 2 aliphatic rings. The van der Waals surface area contributed by atoms with Crippen LogP contribution in [0.4, 0.5) is 5.69 Å². The van der Waals surface area contributed by atoms with Crippen molar-refractivity contribution >= 4 is 17.5 Å². The molecule has 2 aromatic rings. The van der Waals surface area contributed by atoms with Crippen LogP contribution < -0.4 is 15.0 Å². The zero-order chi connectivity index (χ0) is 17.4. The van der Waals surface area contributed by atoms with Crippen LogP contribution in [0.2, 0.25) is 0 Å². The van der Waals surface area contributed by atoms with Crippen molar-refractivity contribution in [1.29, 1.82) is 0 Å². The van der Waals surface area contributed by atoms with E-state index in [9.17, 15) is 9.59 Å². The van der Waals surface area contributed by atoms with E-state index in [0.717, 1.165) is 25.7 Å². The number of benzene rings is 1. The number of anilines is 1. The first-order chi connectivity index (χ1) is 12.1. The summed E-state index contributed by atoms with van der Waals surface area (Å²) in [5.41, 5.74) is 1.34. The number of amides is 2. The molecule has 1 saturated carbocycles. The van der Waals surface area contributed by atoms with Crippen molar-refractivity contribution in [3.05, 3.63) is 24.1 Å². The molecule has 1 fully saturated rings. The van der Waals surface area contributed by atoms with Crippen molar-refractivity contribution in [2.45, 2.75) is 31.7 Å². The summed E-state index contributed by atoms with van der Waals surface area (Å²) in [7, 11) is 1.70. The molecule has 0 bridgehead atoms. The fourth-order valence-corrected chi connectivity index (χ4v) is 3.17. The van der Waals surface area contributed by atoms with E-state index in [0.29, 0.717) is 22.8 Å². The third-order valence-corrected chi connectivity index (χ3v) is 4.62. The number of fused-ring (bicyclic) bond motifs is 1. The van der Waals surface area contributed by atoms with Gasteiger partial charge in [0.1, 0.15) is 5.75 Å². The molecule has 0 radical (unpaired) electrons. The van der Waals surface area contributed by atoms with Crippen LogP contribution in [-0.2, 0) is 4.79 Å². The van der Waals surface area contributed by atoms with Crippen LogP contribution in [0.25, 0.3) is 11.4 Å². The van der Waals surface area contributed by atoms with Crippen LogP contribution >= 0.6 is 0 Å². The van der Waals surface area contributed by atoms with Gasteiger partial charge < -0.3 is 19.5 Å². The van der Waals surface area contributed by atoms with E-state index >= 15 is 0 Å². The number of hydrogen-bond acceptors (Lipinski definition) is 6. The van der Waals surface area contributed by atoms with Gasteiger partial charge in [-0.2, -0.15) is 4.98 Å². The average molecular weight is 342 g/mol. The molecule has 8 nitrogen and oxygen atoms in total. The van der Waals surface area contributed by atoms with E-state index in [1.165, 1.54) is 0 Å². The number of aromatic nitrogens is 2. The minimum absolute atomic E-state index is 0.00571. The van der Waals surface area contributed by atoms with Crippen LogP contribution in [0.15, 0.2) is 22.7 Å². The van der Waals surface area contributed by atoms with Gasteiger partial charge in [0.05, 0.1) is 5.69 Å². The number of likely N-dealkylation sites (N-methyl/N-ethyl adjacent to an activating group) is 1. The summed E-state index contributed by atoms with van der Waals surface area (Å²) in [4.78, 5) is 29.6. The summed E-state index contributed by atoms with van der Waals surface area (Å²) in [6.45, 7) is -0.00571. The summed E-state index contributed by atoms with van der Waals surface area (Å²) < 4.78 is 10.5. The molecular formula is C17H18N4O4. The largest absolute Gasteiger partial charge is 0.482 e. The zero-order valence-electron chi connectivity index (χ0n) is 13.8. The third kappa shape index (κ3) is 2.95. The molecular weight excluding hydrogens is 324 g/mol. The van der Waals surface area contributed by atoms with Crippen LogP contribution in [-0.4, -0.2) is 41.7 Å². The molecule has 1 aromatic heterocycles. The van der Waals surface area contributed by atoms with Crippen molar-refractivity contribution in [3.8, 4) is 17.1 Å². The standard InChI is InChI=1S/C17H18N4O4/c1-21-12-7-6-10(8-13(12)24-9-14(21)22)15-19-17(25-20-15)16(23)18-11-4-2-3-5-11/h6-8,11H,2-5,9H2,1H3,(H,18,23). The highest BCUT2D eigenvalue weighted by Crippen LogP contribution is 2.34. The lowest BCUT2D eigenvalue weighted by molar-refractivity contribution is -0.120. The van der Waals surface area contributed by atoms with Crippen LogP contribution in [0.5, 0.6) is 5.75 Å². The van der Waals surface area contributed by atoms with E-state index in [2.05, 4.69) is 15.5 Å². The molecule has 1 aromatic carbocycles. The summed E-state index contributed by atoms with van der Waals surface area (Å²) in [6.07, 6.45) is 4.24. The number of nitrogens with zero attached hydrogens (tertiary/aromatic N) is 3. The van der Waals surface area contributed by atoms with E-state index in [1.807, 2.05) is 0 Å². The van der Waals surface area contributed by atoms with Gasteiger partial charge in [0.15, 0.2) is 6.61 Å². The van der Waals surface area contributed by atoms with E-state index < -0.39 is 0 Å². The van der Waals surface area contributed by atoms with Crippen molar-refractivity contribution in [3.63, 3.8) is 0 Å². The SMILES string of the molecule is CN1C(=O)COc2cc(-c3noc(C(=O)NC4CCCC4)n3)ccc21. The molecule has 0 saturated heterocycles. The van der Waals surface area contributed by atoms with Gasteiger partial charge in [-0.1, -0.05) is 18.0 Å². The van der Waals surface area contributed by atoms with Gasteiger partial charge in [0.2, 0.25) is 5.82 Å². The normalized spacial score (nSPS) is 17.3. The Balaban J connectivity index is 1.54. The molecule has 0 atom stereocenters. The summed E-state index contributed by atoms with van der Waals surface area (Å²) in [5, 5.41) is 6.80. The summed E-state index contributed by atoms with van der Waals surface area (Å²) in [6, 6.07) is 5.45. The summed E-state index contributed by atoms with van der Waals surface area (Å²) >= 11 is 0. The minimum atomic E-state index is -0.342. The minimum Gasteiger partial charge on any atom is -0.482 e. The Morgan fingerprint density at radius 3 is 2.92 bits per heavy atom. The van der Waals surface area contributed by atoms with Gasteiger partial charge in [-0.25, -0.2) is 0 Å². The van der Waals surface area contributed by atoms with Gasteiger partial charge in [0, 0.05) is 18.7 Å². The Morgan fingerprint density at radius 2 is 2.12 bits per heavy atom. The molecule has 8 heteroatoms. The van der Waals surface area contributed by atoms with Crippen molar-refractivity contribution in [2.24, 2.45) is 0 Å². The monoisotopic (exact) mass is 342 g/mol. The molecule has 2 amide bonds. The topological polar surface area (TPSA) is 97.6 Å². The lowest BCUT2D eigenvalue weighted by atomic mass is 10.1. The molecule has 130 valence electrons. The third-order valence-electron chi connectivity index (χ3n) is 4.62. The van der Waals surface area contributed by atoms with Gasteiger partial charge in [0.25, 0.3) is 5.91 Å². The first-order valence-corrected chi connectivity index (χ1v) is 8.30. The Labute approximate surface area is 144 Å². The molecule has 25 heavy (non-hydrogen) atoms. The number of carbonyl (C=O) groups is 2. The number of rotatable bonds is 3. The predicted octanol–water partition coefficient (Wildman–Crippen LogP) is 1.76. The second-order valence-electron chi connectivity index (χ2n) is 6.30. The van der Waals surface area contributed by atoms with Crippen molar-refractivity contribution < 1.29 is 18.8 Å². The quantitative estimate of drug-likeness (QED) is 0.913. The molecule has 1 N–H and O–H groups in total. The smallest absolute Gasteiger partial charge is 0.316 e. The van der Waals surface area contributed by atoms with Gasteiger partial charge in [-0.15, -0.1) is 0 Å². The Bertz CT molecular complexity index is 826. The number of ether oxygens (including phenoxy) is 1. The zero-order valence-corrected chi connectivity index (χ0v) is 13.8. The highest BCUT2D eigenvalue weighted by Gasteiger charge is 2.25. The van der Waals surface area contributed by atoms with Crippen molar-refractivity contribution in [2.75, 3.05) is 18.6 Å². The Kier molecular flexibility index (Phi) is 3.87. The van der Waals surface area contributed by atoms with Crippen LogP contribution in [0.1, 0.15) is 36.4 Å². The maximum atomic E-state index is 12.2. The molecule has 1 aliphatic carbocycles. The van der Waals surface area contributed by atoms with Crippen LogP contribution in [0, 0.1) is 0 Å². The maximum Gasteiger partial charge on any atom is 0.316 e. The number of hydrogen-bond donors (Lipinski definition) is 1. The molecule has 2 heterocycles. The van der Waals surface area contributed by atoms with E-state index in [1.54, 1.807) is 30.1 Å². The predicted molar refractivity (Wildman–Crippen MR) is 88.4 cm³/mol. The van der Waals surface area contributed by atoms with E-state index in [-0.39, 0.29) is 30.4 Å². The maximum absolute atomic E-state index is 12.2. The van der Waals surface area contributed by atoms with Gasteiger partial charge in [-0.05, 0) is 31.0 Å². The first kappa shape index (κ1) is 15.6. The van der Waals surface area contributed by atoms with Crippen LogP contribution in [0.3, 0.4) is 0 Å². The van der Waals surface area contributed by atoms with E-state index in [4.69, 9.17) is 9.26 Å². The molecule has 4 rings (SSSR count). The highest BCUT2D eigenvalue weighted by atomic mass is 16.5. The molecule has 0 unspecified atom stereocenters. The Hall–Kier alpha value is -2.90. The second-order valence-corrected chi connectivity index (χ2v) is 6.30. The fourth-order valence-electron chi connectivity index (χ4n) is 3.17. The van der Waals surface area contributed by atoms with Crippen molar-refractivity contribution in [1.82, 2.24) is 15.5 Å². The lowest BCUT2D eigenvalue weighted by Gasteiger charge is -2.25. The molecule has 1 aliphatic heterocycles. The first-order valence-electron chi connectivity index (χ1n) is 8.30. The summed E-state index contributed by atoms with van der Waals surface area (Å²) in [5.74, 6) is 0.382. The lowest BCUT2D eigenvalue weighted by Crippen LogP contribution is -2.35. The van der Waals surface area contributed by atoms with Gasteiger partial charge in [-0.3, -0.25) is 9.59 Å².